The van der Waals surface area contributed by atoms with Crippen molar-refractivity contribution in [3.63, 3.8) is 0 Å². The van der Waals surface area contributed by atoms with Crippen LogP contribution in [0.3, 0.4) is 0 Å². The van der Waals surface area contributed by atoms with E-state index in [9.17, 15) is 14.7 Å². The monoisotopic (exact) mass is 284 g/mol. The number of carbonyl (C=O) groups is 1. The van der Waals surface area contributed by atoms with Gasteiger partial charge >= 0.3 is 5.97 Å². The normalized spacial score (nSPS) is 10.9. The van der Waals surface area contributed by atoms with E-state index < -0.39 is 5.97 Å². The molecule has 1 heterocycles. The third kappa shape index (κ3) is 2.45. The Balaban J connectivity index is 2.32. The van der Waals surface area contributed by atoms with E-state index in [1.807, 2.05) is 0 Å². The van der Waals surface area contributed by atoms with E-state index in [1.165, 1.54) is 31.2 Å². The number of carbonyl (C=O) groups excluding carboxylic acids is 1. The summed E-state index contributed by atoms with van der Waals surface area (Å²) in [6.07, 6.45) is 0. The SMILES string of the molecule is CC(=O)OCc1c2ccc(=O)cc-2oc2cc(O)ccc12. The van der Waals surface area contributed by atoms with Crippen LogP contribution < -0.4 is 5.43 Å². The first-order chi connectivity index (χ1) is 10.0. The topological polar surface area (TPSA) is 76.7 Å². The quantitative estimate of drug-likeness (QED) is 0.578. The first kappa shape index (κ1) is 13.2. The van der Waals surface area contributed by atoms with Crippen LogP contribution in [0.5, 0.6) is 5.75 Å². The van der Waals surface area contributed by atoms with E-state index >= 15 is 0 Å². The molecule has 1 aliphatic carbocycles. The number of phenolic OH excluding ortho intramolecular Hbond substituents is 1. The second kappa shape index (κ2) is 4.94. The smallest absolute Gasteiger partial charge is 0.302 e. The molecule has 0 aromatic heterocycles. The van der Waals surface area contributed by atoms with Gasteiger partial charge in [0.05, 0.1) is 0 Å². The predicted octanol–water partition coefficient (Wildman–Crippen LogP) is 2.67. The van der Waals surface area contributed by atoms with Gasteiger partial charge in [-0.1, -0.05) is 0 Å². The summed E-state index contributed by atoms with van der Waals surface area (Å²) in [5, 5.41) is 10.3. The number of rotatable bonds is 2. The molecule has 0 atom stereocenters. The Bertz CT molecular complexity index is 862. The highest BCUT2D eigenvalue weighted by Gasteiger charge is 2.16. The van der Waals surface area contributed by atoms with Crippen LogP contribution in [0.1, 0.15) is 12.5 Å². The number of phenols is 1. The molecule has 0 radical (unpaired) electrons. The maximum atomic E-state index is 11.5. The number of benzene rings is 2. The van der Waals surface area contributed by atoms with Crippen LogP contribution in [0.4, 0.5) is 0 Å². The standard InChI is InChI=1S/C16H12O5/c1-9(17)20-8-14-12-4-2-10(18)6-15(12)21-16-7-11(19)3-5-13(14)16/h2-7,18H,8H2,1H3. The first-order valence-corrected chi connectivity index (χ1v) is 6.36. The largest absolute Gasteiger partial charge is 0.508 e. The Morgan fingerprint density at radius 1 is 1.24 bits per heavy atom. The molecule has 106 valence electrons. The summed E-state index contributed by atoms with van der Waals surface area (Å²) in [5.41, 5.74) is 1.69. The van der Waals surface area contributed by atoms with E-state index in [1.54, 1.807) is 12.1 Å². The second-order valence-corrected chi connectivity index (χ2v) is 4.70. The highest BCUT2D eigenvalue weighted by Crippen LogP contribution is 2.34. The van der Waals surface area contributed by atoms with Crippen molar-refractivity contribution in [2.75, 3.05) is 0 Å². The number of hydrogen-bond acceptors (Lipinski definition) is 5. The van der Waals surface area contributed by atoms with Crippen LogP contribution in [0, 0.1) is 0 Å². The molecule has 0 fully saturated rings. The van der Waals surface area contributed by atoms with Gasteiger partial charge in [-0.2, -0.15) is 0 Å². The van der Waals surface area contributed by atoms with Crippen LogP contribution in [0.15, 0.2) is 45.6 Å². The maximum Gasteiger partial charge on any atom is 0.302 e. The fraction of sp³-hybridized carbons (Fsp3) is 0.125. The molecular weight excluding hydrogens is 272 g/mol. The molecule has 0 unspecified atom stereocenters. The second-order valence-electron chi connectivity index (χ2n) is 4.70. The van der Waals surface area contributed by atoms with Gasteiger partial charge in [-0.3, -0.25) is 9.59 Å². The van der Waals surface area contributed by atoms with Crippen molar-refractivity contribution in [2.45, 2.75) is 13.5 Å². The molecule has 21 heavy (non-hydrogen) atoms. The highest BCUT2D eigenvalue weighted by molar-refractivity contribution is 5.88. The molecule has 5 nitrogen and oxygen atoms in total. The first-order valence-electron chi connectivity index (χ1n) is 6.36. The molecule has 0 spiro atoms. The lowest BCUT2D eigenvalue weighted by molar-refractivity contribution is -0.142. The van der Waals surface area contributed by atoms with Gasteiger partial charge in [0.15, 0.2) is 5.43 Å². The predicted molar refractivity (Wildman–Crippen MR) is 76.2 cm³/mol. The van der Waals surface area contributed by atoms with E-state index in [0.29, 0.717) is 16.9 Å². The Labute approximate surface area is 119 Å². The average molecular weight is 284 g/mol. The van der Waals surface area contributed by atoms with E-state index in [4.69, 9.17) is 9.15 Å². The summed E-state index contributed by atoms with van der Waals surface area (Å²) in [6.45, 7) is 1.40. The molecule has 2 aliphatic rings. The average Bonchev–Trinajstić information content (AvgIpc) is 2.42. The number of ether oxygens (including phenoxy) is 1. The van der Waals surface area contributed by atoms with Crippen LogP contribution >= 0.6 is 0 Å². The van der Waals surface area contributed by atoms with Gasteiger partial charge in [-0.25, -0.2) is 0 Å². The van der Waals surface area contributed by atoms with E-state index in [0.717, 1.165) is 10.9 Å². The molecule has 1 aromatic rings. The zero-order valence-electron chi connectivity index (χ0n) is 11.3. The lowest BCUT2D eigenvalue weighted by Gasteiger charge is -2.14. The summed E-state index contributed by atoms with van der Waals surface area (Å²) in [7, 11) is 0. The van der Waals surface area contributed by atoms with Crippen LogP contribution in [0.25, 0.3) is 22.3 Å². The Kier molecular flexibility index (Phi) is 3.10. The van der Waals surface area contributed by atoms with Gasteiger partial charge in [0.25, 0.3) is 0 Å². The van der Waals surface area contributed by atoms with Crippen LogP contribution in [-0.4, -0.2) is 11.1 Å². The van der Waals surface area contributed by atoms with Crippen molar-refractivity contribution in [3.05, 3.63) is 52.2 Å². The van der Waals surface area contributed by atoms with Gasteiger partial charge in [0.2, 0.25) is 0 Å². The van der Waals surface area contributed by atoms with Crippen molar-refractivity contribution < 1.29 is 19.1 Å². The fourth-order valence-corrected chi connectivity index (χ4v) is 2.27. The summed E-state index contributed by atoms with van der Waals surface area (Å²) >= 11 is 0. The Hall–Kier alpha value is -2.82. The third-order valence-corrected chi connectivity index (χ3v) is 3.21. The van der Waals surface area contributed by atoms with Gasteiger partial charge in [-0.05, 0) is 24.3 Å². The zero-order chi connectivity index (χ0) is 15.0. The van der Waals surface area contributed by atoms with Crippen LogP contribution in [0.2, 0.25) is 0 Å². The highest BCUT2D eigenvalue weighted by atomic mass is 16.5. The van der Waals surface area contributed by atoms with Gasteiger partial charge < -0.3 is 14.3 Å². The molecular formula is C16H12O5. The Morgan fingerprint density at radius 3 is 2.81 bits per heavy atom. The van der Waals surface area contributed by atoms with Gasteiger partial charge in [0, 0.05) is 35.6 Å². The van der Waals surface area contributed by atoms with Crippen molar-refractivity contribution in [3.8, 4) is 17.1 Å². The zero-order valence-corrected chi connectivity index (χ0v) is 11.3. The van der Waals surface area contributed by atoms with Gasteiger partial charge in [0.1, 0.15) is 23.7 Å². The maximum absolute atomic E-state index is 11.5. The minimum Gasteiger partial charge on any atom is -0.508 e. The van der Waals surface area contributed by atoms with Gasteiger partial charge in [-0.15, -0.1) is 0 Å². The molecule has 0 bridgehead atoms. The number of fused-ring (bicyclic) bond motifs is 2. The Morgan fingerprint density at radius 2 is 2.05 bits per heavy atom. The molecule has 0 saturated heterocycles. The fourth-order valence-electron chi connectivity index (χ4n) is 2.27. The van der Waals surface area contributed by atoms with E-state index in [-0.39, 0.29) is 17.8 Å². The number of hydrogen-bond donors (Lipinski definition) is 1. The summed E-state index contributed by atoms with van der Waals surface area (Å²) in [6, 6.07) is 9.13. The molecule has 1 N–H and O–H groups in total. The molecule has 0 saturated carbocycles. The minimum atomic E-state index is -0.392. The summed E-state index contributed by atoms with van der Waals surface area (Å²) in [5.74, 6) is 0.0568. The molecule has 1 aromatic carbocycles. The molecule has 1 aliphatic heterocycles. The summed E-state index contributed by atoms with van der Waals surface area (Å²) in [4.78, 5) is 22.5. The number of esters is 1. The summed E-state index contributed by atoms with van der Waals surface area (Å²) < 4.78 is 10.7. The van der Waals surface area contributed by atoms with Crippen molar-refractivity contribution >= 4 is 16.9 Å². The molecule has 0 amide bonds. The molecule has 5 heteroatoms. The van der Waals surface area contributed by atoms with E-state index in [2.05, 4.69) is 0 Å². The third-order valence-electron chi connectivity index (χ3n) is 3.21. The minimum absolute atomic E-state index is 0.0577. The lowest BCUT2D eigenvalue weighted by atomic mass is 10.00. The lowest BCUT2D eigenvalue weighted by Crippen LogP contribution is -2.04. The molecule has 3 rings (SSSR count). The van der Waals surface area contributed by atoms with Crippen LogP contribution in [-0.2, 0) is 16.1 Å². The van der Waals surface area contributed by atoms with Crippen molar-refractivity contribution in [1.29, 1.82) is 0 Å². The van der Waals surface area contributed by atoms with Crippen molar-refractivity contribution in [2.24, 2.45) is 0 Å². The van der Waals surface area contributed by atoms with Crippen molar-refractivity contribution in [1.82, 2.24) is 0 Å². The number of aromatic hydroxyl groups is 1.